The molecule has 9 nitrogen and oxygen atoms in total. The van der Waals surface area contributed by atoms with E-state index in [9.17, 15) is 4.79 Å². The third kappa shape index (κ3) is 5.28. The number of methoxy groups -OCH3 is 1. The van der Waals surface area contributed by atoms with Gasteiger partial charge in [-0.3, -0.25) is 14.6 Å². The van der Waals surface area contributed by atoms with E-state index in [4.69, 9.17) is 4.74 Å². The van der Waals surface area contributed by atoms with E-state index in [2.05, 4.69) is 67.6 Å². The highest BCUT2D eigenvalue weighted by Crippen LogP contribution is 2.34. The maximum absolute atomic E-state index is 13.7. The summed E-state index contributed by atoms with van der Waals surface area (Å²) in [4.78, 5) is 21.8. The molecule has 1 saturated carbocycles. The van der Waals surface area contributed by atoms with Crippen molar-refractivity contribution in [2.45, 2.75) is 64.6 Å². The lowest BCUT2D eigenvalue weighted by atomic mass is 9.94. The number of aromatic amines is 1. The van der Waals surface area contributed by atoms with Gasteiger partial charge in [0.15, 0.2) is 5.82 Å². The zero-order valence-corrected chi connectivity index (χ0v) is 23.8. The van der Waals surface area contributed by atoms with Gasteiger partial charge in [-0.05, 0) is 72.0 Å². The monoisotopic (exact) mass is 541 g/mol. The summed E-state index contributed by atoms with van der Waals surface area (Å²) < 4.78 is 7.45. The number of tetrazole rings is 1. The average Bonchev–Trinajstić information content (AvgIpc) is 3.47. The Morgan fingerprint density at radius 3 is 2.55 bits per heavy atom. The number of hydrogen-bond acceptors (Lipinski definition) is 7. The molecule has 2 aliphatic rings. The van der Waals surface area contributed by atoms with Crippen LogP contribution in [0, 0.1) is 13.8 Å². The molecule has 1 aliphatic carbocycles. The lowest BCUT2D eigenvalue weighted by Crippen LogP contribution is -2.48. The second kappa shape index (κ2) is 11.5. The smallest absolute Gasteiger partial charge is 0.253 e. The average molecular weight is 542 g/mol. The maximum Gasteiger partial charge on any atom is 0.253 e. The SMILES string of the molecule is COc1cccc(CN2CCN([C@@H](c3cc4c(C)ccc(C)c4[nH]c3=O)c3nnnn3C3CCCCC3)CC2)c1. The highest BCUT2D eigenvalue weighted by atomic mass is 16.5. The number of ether oxygens (including phenoxy) is 1. The van der Waals surface area contributed by atoms with Gasteiger partial charge in [-0.25, -0.2) is 4.68 Å². The van der Waals surface area contributed by atoms with E-state index in [0.717, 1.165) is 79.2 Å². The molecule has 1 aliphatic heterocycles. The lowest BCUT2D eigenvalue weighted by Gasteiger charge is -2.39. The standard InChI is InChI=1S/C31H39N7O2/c1-21-12-13-22(2)28-26(21)19-27(31(39)32-28)29(30-33-34-35-38(30)24-9-5-4-6-10-24)37-16-14-36(15-17-37)20-23-8-7-11-25(18-23)40-3/h7-8,11-13,18-19,24,29H,4-6,9-10,14-17,20H2,1-3H3,(H,32,39)/t29-/m0/s1. The van der Waals surface area contributed by atoms with Gasteiger partial charge in [0.1, 0.15) is 11.8 Å². The van der Waals surface area contributed by atoms with Crippen LogP contribution in [0.15, 0.2) is 47.3 Å². The van der Waals surface area contributed by atoms with Crippen molar-refractivity contribution in [2.75, 3.05) is 33.3 Å². The summed E-state index contributed by atoms with van der Waals surface area (Å²) in [5.74, 6) is 1.66. The van der Waals surface area contributed by atoms with Crippen molar-refractivity contribution in [1.29, 1.82) is 0 Å². The molecule has 0 amide bonds. The van der Waals surface area contributed by atoms with Crippen LogP contribution in [0.3, 0.4) is 0 Å². The molecule has 9 heteroatoms. The van der Waals surface area contributed by atoms with Crippen LogP contribution in [0.4, 0.5) is 0 Å². The predicted octanol–water partition coefficient (Wildman–Crippen LogP) is 4.55. The van der Waals surface area contributed by atoms with Crippen LogP contribution in [-0.4, -0.2) is 68.3 Å². The summed E-state index contributed by atoms with van der Waals surface area (Å²) in [6, 6.07) is 14.5. The van der Waals surface area contributed by atoms with Crippen LogP contribution in [0.25, 0.3) is 10.9 Å². The van der Waals surface area contributed by atoms with E-state index < -0.39 is 0 Å². The van der Waals surface area contributed by atoms with Crippen molar-refractivity contribution in [2.24, 2.45) is 0 Å². The zero-order chi connectivity index (χ0) is 27.6. The first-order chi connectivity index (χ1) is 19.5. The van der Waals surface area contributed by atoms with Gasteiger partial charge in [0.25, 0.3) is 5.56 Å². The molecular weight excluding hydrogens is 502 g/mol. The largest absolute Gasteiger partial charge is 0.497 e. The third-order valence-electron chi connectivity index (χ3n) is 8.76. The number of rotatable bonds is 7. The van der Waals surface area contributed by atoms with Crippen molar-refractivity contribution >= 4 is 10.9 Å². The van der Waals surface area contributed by atoms with Crippen LogP contribution >= 0.6 is 0 Å². The number of H-pyrrole nitrogens is 1. The minimum atomic E-state index is -0.316. The number of nitrogens with zero attached hydrogens (tertiary/aromatic N) is 6. The van der Waals surface area contributed by atoms with Gasteiger partial charge in [0.2, 0.25) is 0 Å². The minimum Gasteiger partial charge on any atom is -0.497 e. The lowest BCUT2D eigenvalue weighted by molar-refractivity contribution is 0.0982. The van der Waals surface area contributed by atoms with Crippen molar-refractivity contribution in [3.8, 4) is 5.75 Å². The van der Waals surface area contributed by atoms with Crippen LogP contribution < -0.4 is 10.3 Å². The normalized spacial score (nSPS) is 18.3. The van der Waals surface area contributed by atoms with Crippen molar-refractivity contribution in [3.05, 3.63) is 80.9 Å². The molecule has 0 bridgehead atoms. The summed E-state index contributed by atoms with van der Waals surface area (Å²) in [7, 11) is 1.70. The first kappa shape index (κ1) is 26.7. The zero-order valence-electron chi connectivity index (χ0n) is 23.8. The molecule has 2 fully saturated rings. The number of aryl methyl sites for hydroxylation is 2. The van der Waals surface area contributed by atoms with E-state index in [1.807, 2.05) is 23.7 Å². The first-order valence-electron chi connectivity index (χ1n) is 14.5. The van der Waals surface area contributed by atoms with E-state index in [1.54, 1.807) is 7.11 Å². The van der Waals surface area contributed by atoms with E-state index in [-0.39, 0.29) is 17.6 Å². The van der Waals surface area contributed by atoms with Gasteiger partial charge in [-0.2, -0.15) is 0 Å². The molecule has 1 N–H and O–H groups in total. The highest BCUT2D eigenvalue weighted by Gasteiger charge is 2.34. The van der Waals surface area contributed by atoms with Crippen molar-refractivity contribution in [1.82, 2.24) is 35.0 Å². The topological polar surface area (TPSA) is 92.2 Å². The van der Waals surface area contributed by atoms with Crippen LogP contribution in [0.2, 0.25) is 0 Å². The number of aromatic nitrogens is 5. The molecule has 2 aromatic carbocycles. The van der Waals surface area contributed by atoms with Gasteiger partial charge >= 0.3 is 0 Å². The Morgan fingerprint density at radius 1 is 1.00 bits per heavy atom. The Labute approximate surface area is 235 Å². The molecular formula is C31H39N7O2. The second-order valence-corrected chi connectivity index (χ2v) is 11.4. The molecule has 1 saturated heterocycles. The molecule has 210 valence electrons. The highest BCUT2D eigenvalue weighted by molar-refractivity contribution is 5.85. The van der Waals surface area contributed by atoms with E-state index in [1.165, 1.54) is 24.8 Å². The van der Waals surface area contributed by atoms with Gasteiger partial charge < -0.3 is 9.72 Å². The molecule has 3 heterocycles. The molecule has 4 aromatic rings. The molecule has 40 heavy (non-hydrogen) atoms. The first-order valence-corrected chi connectivity index (χ1v) is 14.5. The van der Waals surface area contributed by atoms with Gasteiger partial charge in [0, 0.05) is 43.7 Å². The Hall–Kier alpha value is -3.56. The summed E-state index contributed by atoms with van der Waals surface area (Å²) in [5, 5.41) is 14.3. The number of hydrogen-bond donors (Lipinski definition) is 1. The van der Waals surface area contributed by atoms with Crippen molar-refractivity contribution in [3.63, 3.8) is 0 Å². The minimum absolute atomic E-state index is 0.0665. The molecule has 6 rings (SSSR count). The number of benzene rings is 2. The Bertz CT molecular complexity index is 1530. The fourth-order valence-electron chi connectivity index (χ4n) is 6.47. The number of fused-ring (bicyclic) bond motifs is 1. The van der Waals surface area contributed by atoms with E-state index >= 15 is 0 Å². The molecule has 1 atom stereocenters. The number of piperazine rings is 1. The third-order valence-corrected chi connectivity index (χ3v) is 8.76. The van der Waals surface area contributed by atoms with Gasteiger partial charge in [-0.1, -0.05) is 43.5 Å². The Morgan fingerprint density at radius 2 is 1.77 bits per heavy atom. The molecule has 0 radical (unpaired) electrons. The fraction of sp³-hybridized carbons (Fsp3) is 0.484. The fourth-order valence-corrected chi connectivity index (χ4v) is 6.47. The summed E-state index contributed by atoms with van der Waals surface area (Å²) in [6.45, 7) is 8.42. The summed E-state index contributed by atoms with van der Waals surface area (Å²) in [6.07, 6.45) is 5.78. The molecule has 2 aromatic heterocycles. The van der Waals surface area contributed by atoms with Crippen molar-refractivity contribution < 1.29 is 4.74 Å². The Kier molecular flexibility index (Phi) is 7.67. The van der Waals surface area contributed by atoms with Crippen LogP contribution in [-0.2, 0) is 6.54 Å². The molecule has 0 unspecified atom stereocenters. The van der Waals surface area contributed by atoms with Crippen LogP contribution in [0.5, 0.6) is 5.75 Å². The predicted molar refractivity (Wildman–Crippen MR) is 156 cm³/mol. The van der Waals surface area contributed by atoms with Gasteiger partial charge in [0.05, 0.1) is 18.7 Å². The maximum atomic E-state index is 13.7. The molecule has 0 spiro atoms. The second-order valence-electron chi connectivity index (χ2n) is 11.4. The number of pyridine rings is 1. The quantitative estimate of drug-likeness (QED) is 0.367. The summed E-state index contributed by atoms with van der Waals surface area (Å²) >= 11 is 0. The van der Waals surface area contributed by atoms with Crippen LogP contribution in [0.1, 0.15) is 72.3 Å². The Balaban J connectivity index is 1.34. The van der Waals surface area contributed by atoms with E-state index in [0.29, 0.717) is 5.56 Å². The van der Waals surface area contributed by atoms with Gasteiger partial charge in [-0.15, -0.1) is 5.10 Å². The number of nitrogens with one attached hydrogen (secondary N) is 1. The summed E-state index contributed by atoms with van der Waals surface area (Å²) in [5.41, 5.74) is 5.01.